The van der Waals surface area contributed by atoms with E-state index >= 15 is 0 Å². The predicted octanol–water partition coefficient (Wildman–Crippen LogP) is 5.82. The minimum Gasteiger partial charge on any atom is -0.0581 e. The third-order valence-electron chi connectivity index (χ3n) is 4.75. The van der Waals surface area contributed by atoms with E-state index in [2.05, 4.69) is 64.1 Å². The molecule has 4 aromatic rings. The van der Waals surface area contributed by atoms with Gasteiger partial charge < -0.3 is 0 Å². The summed E-state index contributed by atoms with van der Waals surface area (Å²) in [6.07, 6.45) is 0. The zero-order valence-corrected chi connectivity index (χ0v) is 12.5. The molecule has 0 bridgehead atoms. The molecule has 0 saturated heterocycles. The van der Waals surface area contributed by atoms with Crippen molar-refractivity contribution in [3.63, 3.8) is 0 Å². The molecular weight excluding hydrogens is 240 g/mol. The lowest BCUT2D eigenvalue weighted by Crippen LogP contribution is -1.92. The standard InChI is InChI=1S/C20H18/c1-11-5-7-15-14(4)10-18-12(2)6-8-16-13(3)9-17(11)19(15)20(16)18/h5-10H,1-4H3. The molecule has 4 aromatic carbocycles. The lowest BCUT2D eigenvalue weighted by atomic mass is 9.87. The molecule has 0 saturated carbocycles. The van der Waals surface area contributed by atoms with Gasteiger partial charge in [-0.2, -0.15) is 0 Å². The Morgan fingerprint density at radius 3 is 1.25 bits per heavy atom. The average molecular weight is 258 g/mol. The van der Waals surface area contributed by atoms with Gasteiger partial charge in [-0.15, -0.1) is 0 Å². The first-order chi connectivity index (χ1) is 9.58. The van der Waals surface area contributed by atoms with Crippen LogP contribution in [0.2, 0.25) is 0 Å². The van der Waals surface area contributed by atoms with E-state index in [0.29, 0.717) is 0 Å². The monoisotopic (exact) mass is 258 g/mol. The second-order valence-electron chi connectivity index (χ2n) is 6.09. The number of rotatable bonds is 0. The third kappa shape index (κ3) is 1.31. The highest BCUT2D eigenvalue weighted by atomic mass is 14.2. The molecule has 0 unspecified atom stereocenters. The molecule has 0 heteroatoms. The highest BCUT2D eigenvalue weighted by Gasteiger charge is 2.14. The summed E-state index contributed by atoms with van der Waals surface area (Å²) in [5.74, 6) is 0. The van der Waals surface area contributed by atoms with E-state index in [9.17, 15) is 0 Å². The minimum absolute atomic E-state index is 1.37. The van der Waals surface area contributed by atoms with Crippen molar-refractivity contribution in [2.45, 2.75) is 27.7 Å². The number of hydrogen-bond acceptors (Lipinski definition) is 0. The smallest absolute Gasteiger partial charge is 0.00212 e. The molecule has 0 amide bonds. The molecule has 20 heavy (non-hydrogen) atoms. The fraction of sp³-hybridized carbons (Fsp3) is 0.200. The predicted molar refractivity (Wildman–Crippen MR) is 89.1 cm³/mol. The van der Waals surface area contributed by atoms with E-state index in [1.807, 2.05) is 0 Å². The van der Waals surface area contributed by atoms with E-state index in [4.69, 9.17) is 0 Å². The van der Waals surface area contributed by atoms with Gasteiger partial charge in [0.15, 0.2) is 0 Å². The topological polar surface area (TPSA) is 0 Å². The maximum atomic E-state index is 2.36. The highest BCUT2D eigenvalue weighted by molar-refractivity contribution is 6.25. The Labute approximate surface area is 119 Å². The van der Waals surface area contributed by atoms with E-state index in [1.165, 1.54) is 54.6 Å². The van der Waals surface area contributed by atoms with Gasteiger partial charge in [-0.1, -0.05) is 36.4 Å². The third-order valence-corrected chi connectivity index (χ3v) is 4.75. The Bertz CT molecular complexity index is 892. The van der Waals surface area contributed by atoms with Gasteiger partial charge in [0.05, 0.1) is 0 Å². The number of hydrogen-bond donors (Lipinski definition) is 0. The molecule has 0 heterocycles. The fourth-order valence-electron chi connectivity index (χ4n) is 3.60. The summed E-state index contributed by atoms with van der Waals surface area (Å²) in [5, 5.41) is 8.51. The lowest BCUT2D eigenvalue weighted by Gasteiger charge is -2.17. The van der Waals surface area contributed by atoms with Gasteiger partial charge >= 0.3 is 0 Å². The molecule has 0 N–H and O–H groups in total. The molecule has 0 aliphatic heterocycles. The zero-order valence-electron chi connectivity index (χ0n) is 12.5. The Morgan fingerprint density at radius 2 is 0.850 bits per heavy atom. The van der Waals surface area contributed by atoms with Crippen LogP contribution in [-0.4, -0.2) is 0 Å². The summed E-state index contributed by atoms with van der Waals surface area (Å²) in [6, 6.07) is 13.8. The summed E-state index contributed by atoms with van der Waals surface area (Å²) in [5.41, 5.74) is 5.50. The Kier molecular flexibility index (Phi) is 2.18. The van der Waals surface area contributed by atoms with Crippen molar-refractivity contribution < 1.29 is 0 Å². The molecule has 0 fully saturated rings. The molecule has 98 valence electrons. The summed E-state index contributed by atoms with van der Waals surface area (Å²) >= 11 is 0. The second-order valence-corrected chi connectivity index (χ2v) is 6.09. The molecule has 4 rings (SSSR count). The quantitative estimate of drug-likeness (QED) is 0.349. The molecule has 0 aliphatic carbocycles. The second kappa shape index (κ2) is 3.73. The van der Waals surface area contributed by atoms with E-state index in [-0.39, 0.29) is 0 Å². The summed E-state index contributed by atoms with van der Waals surface area (Å²) < 4.78 is 0. The van der Waals surface area contributed by atoms with Crippen molar-refractivity contribution in [2.75, 3.05) is 0 Å². The molecule has 0 aliphatic rings. The van der Waals surface area contributed by atoms with E-state index < -0.39 is 0 Å². The first-order valence-corrected chi connectivity index (χ1v) is 7.23. The fourth-order valence-corrected chi connectivity index (χ4v) is 3.60. The van der Waals surface area contributed by atoms with Gasteiger partial charge in [0.1, 0.15) is 0 Å². The first kappa shape index (κ1) is 11.7. The van der Waals surface area contributed by atoms with Crippen molar-refractivity contribution in [3.8, 4) is 0 Å². The van der Waals surface area contributed by atoms with Crippen LogP contribution in [0.25, 0.3) is 32.3 Å². The maximum Gasteiger partial charge on any atom is -0.00212 e. The van der Waals surface area contributed by atoms with Crippen LogP contribution in [0, 0.1) is 27.7 Å². The van der Waals surface area contributed by atoms with Crippen LogP contribution in [0.1, 0.15) is 22.3 Å². The van der Waals surface area contributed by atoms with Crippen LogP contribution in [0.15, 0.2) is 36.4 Å². The highest BCUT2D eigenvalue weighted by Crippen LogP contribution is 2.40. The van der Waals surface area contributed by atoms with Crippen LogP contribution in [0.3, 0.4) is 0 Å². The first-order valence-electron chi connectivity index (χ1n) is 7.23. The summed E-state index contributed by atoms with van der Waals surface area (Å²) in [7, 11) is 0. The van der Waals surface area contributed by atoms with E-state index in [1.54, 1.807) is 0 Å². The van der Waals surface area contributed by atoms with E-state index in [0.717, 1.165) is 0 Å². The van der Waals surface area contributed by atoms with Crippen LogP contribution in [-0.2, 0) is 0 Å². The van der Waals surface area contributed by atoms with Crippen LogP contribution >= 0.6 is 0 Å². The van der Waals surface area contributed by atoms with Gasteiger partial charge in [-0.05, 0) is 82.3 Å². The van der Waals surface area contributed by atoms with Crippen molar-refractivity contribution in [2.24, 2.45) is 0 Å². The van der Waals surface area contributed by atoms with Crippen LogP contribution in [0.5, 0.6) is 0 Å². The minimum atomic E-state index is 1.37. The van der Waals surface area contributed by atoms with Crippen LogP contribution < -0.4 is 0 Å². The van der Waals surface area contributed by atoms with Gasteiger partial charge in [-0.3, -0.25) is 0 Å². The van der Waals surface area contributed by atoms with Crippen LogP contribution in [0.4, 0.5) is 0 Å². The molecule has 0 aromatic heterocycles. The van der Waals surface area contributed by atoms with Gasteiger partial charge in [0, 0.05) is 0 Å². The normalized spacial score (nSPS) is 12.0. The average Bonchev–Trinajstić information content (AvgIpc) is 2.42. The Hall–Kier alpha value is -2.08. The van der Waals surface area contributed by atoms with Gasteiger partial charge in [0.25, 0.3) is 0 Å². The Morgan fingerprint density at radius 1 is 0.450 bits per heavy atom. The number of aryl methyl sites for hydroxylation is 4. The Balaban J connectivity index is 2.50. The van der Waals surface area contributed by atoms with Crippen molar-refractivity contribution in [1.29, 1.82) is 0 Å². The summed E-state index contributed by atoms with van der Waals surface area (Å²) in [6.45, 7) is 8.89. The molecular formula is C20H18. The zero-order chi connectivity index (χ0) is 14.0. The molecule has 0 spiro atoms. The summed E-state index contributed by atoms with van der Waals surface area (Å²) in [4.78, 5) is 0. The molecule has 0 atom stereocenters. The van der Waals surface area contributed by atoms with Gasteiger partial charge in [0.2, 0.25) is 0 Å². The van der Waals surface area contributed by atoms with Crippen molar-refractivity contribution in [1.82, 2.24) is 0 Å². The molecule has 0 nitrogen and oxygen atoms in total. The lowest BCUT2D eigenvalue weighted by molar-refractivity contribution is 1.47. The maximum absolute atomic E-state index is 2.36. The molecule has 0 radical (unpaired) electrons. The van der Waals surface area contributed by atoms with Crippen molar-refractivity contribution >= 4 is 32.3 Å². The largest absolute Gasteiger partial charge is 0.0581 e. The SMILES string of the molecule is Cc1cc2c(C)ccc3c(C)cc4c(C)ccc1c4c32. The van der Waals surface area contributed by atoms with Gasteiger partial charge in [-0.25, -0.2) is 0 Å². The number of benzene rings is 4. The van der Waals surface area contributed by atoms with Crippen molar-refractivity contribution in [3.05, 3.63) is 58.7 Å².